The molecule has 0 aliphatic heterocycles. The van der Waals surface area contributed by atoms with Crippen molar-refractivity contribution in [2.24, 2.45) is 17.6 Å². The van der Waals surface area contributed by atoms with Crippen LogP contribution in [0.3, 0.4) is 0 Å². The monoisotopic (exact) mass is 366 g/mol. The van der Waals surface area contributed by atoms with E-state index in [4.69, 9.17) is 5.73 Å². The minimum absolute atomic E-state index is 0.103. The summed E-state index contributed by atoms with van der Waals surface area (Å²) in [6.07, 6.45) is 2.02. The molecule has 3 fully saturated rings. The van der Waals surface area contributed by atoms with Gasteiger partial charge in [0, 0.05) is 12.1 Å². The van der Waals surface area contributed by atoms with Crippen LogP contribution in [0.15, 0.2) is 24.3 Å². The molecule has 3 saturated carbocycles. The van der Waals surface area contributed by atoms with E-state index in [2.05, 4.69) is 5.32 Å². The van der Waals surface area contributed by atoms with Gasteiger partial charge in [-0.1, -0.05) is 24.6 Å². The standard InChI is InChI=1S/C20H25F3N2O/c21-20(22,23)15-6-2-5-14(11-15)19(7-8-19)18(26)25-17-12-3-1-4-13(17)10-16(24)9-12/h2,5-6,11-13,16-17H,1,3-4,7-10,24H2,(H,25,26). The molecule has 1 amide bonds. The van der Waals surface area contributed by atoms with E-state index in [-0.39, 0.29) is 18.0 Å². The number of nitrogens with one attached hydrogen (secondary N) is 1. The van der Waals surface area contributed by atoms with Crippen molar-refractivity contribution in [3.8, 4) is 0 Å². The molecule has 26 heavy (non-hydrogen) atoms. The Labute approximate surface area is 151 Å². The Kier molecular flexibility index (Phi) is 4.29. The third-order valence-corrected chi connectivity index (χ3v) is 6.60. The molecule has 3 nitrogen and oxygen atoms in total. The molecule has 4 rings (SSSR count). The second kappa shape index (κ2) is 6.25. The van der Waals surface area contributed by atoms with Gasteiger partial charge in [-0.05, 0) is 62.0 Å². The zero-order valence-electron chi connectivity index (χ0n) is 14.7. The first kappa shape index (κ1) is 17.8. The van der Waals surface area contributed by atoms with Crippen LogP contribution in [0.2, 0.25) is 0 Å². The maximum Gasteiger partial charge on any atom is 0.416 e. The highest BCUT2D eigenvalue weighted by Gasteiger charge is 2.53. The van der Waals surface area contributed by atoms with Gasteiger partial charge in [-0.25, -0.2) is 0 Å². The summed E-state index contributed by atoms with van der Waals surface area (Å²) in [7, 11) is 0. The quantitative estimate of drug-likeness (QED) is 0.856. The van der Waals surface area contributed by atoms with Gasteiger partial charge in [0.15, 0.2) is 0 Å². The molecule has 0 spiro atoms. The van der Waals surface area contributed by atoms with Crippen molar-refractivity contribution in [2.75, 3.05) is 0 Å². The van der Waals surface area contributed by atoms with Gasteiger partial charge >= 0.3 is 6.18 Å². The maximum atomic E-state index is 13.0. The molecule has 0 aromatic heterocycles. The van der Waals surface area contributed by atoms with E-state index in [1.807, 2.05) is 0 Å². The minimum atomic E-state index is -4.39. The number of alkyl halides is 3. The van der Waals surface area contributed by atoms with Gasteiger partial charge in [-0.2, -0.15) is 13.2 Å². The number of benzene rings is 1. The van der Waals surface area contributed by atoms with Crippen LogP contribution >= 0.6 is 0 Å². The number of amides is 1. The topological polar surface area (TPSA) is 55.1 Å². The van der Waals surface area contributed by atoms with Gasteiger partial charge in [0.05, 0.1) is 11.0 Å². The Bertz CT molecular complexity index is 685. The first-order valence-electron chi connectivity index (χ1n) is 9.54. The van der Waals surface area contributed by atoms with E-state index in [1.54, 1.807) is 6.07 Å². The molecule has 3 aliphatic carbocycles. The van der Waals surface area contributed by atoms with Crippen LogP contribution in [0.5, 0.6) is 0 Å². The summed E-state index contributed by atoms with van der Waals surface area (Å²) >= 11 is 0. The van der Waals surface area contributed by atoms with E-state index < -0.39 is 17.2 Å². The Morgan fingerprint density at radius 2 is 1.81 bits per heavy atom. The average molecular weight is 366 g/mol. The molecule has 6 heteroatoms. The molecule has 3 N–H and O–H groups in total. The van der Waals surface area contributed by atoms with Crippen LogP contribution in [0.25, 0.3) is 0 Å². The van der Waals surface area contributed by atoms with Crippen LogP contribution in [0.4, 0.5) is 13.2 Å². The van der Waals surface area contributed by atoms with E-state index in [9.17, 15) is 18.0 Å². The van der Waals surface area contributed by atoms with Gasteiger partial charge in [0.1, 0.15) is 0 Å². The van der Waals surface area contributed by atoms with E-state index in [0.717, 1.165) is 37.8 Å². The first-order valence-corrected chi connectivity index (χ1v) is 9.54. The van der Waals surface area contributed by atoms with Gasteiger partial charge < -0.3 is 11.1 Å². The number of hydrogen-bond donors (Lipinski definition) is 2. The molecule has 1 aromatic rings. The highest BCUT2D eigenvalue weighted by molar-refractivity contribution is 5.91. The molecule has 2 bridgehead atoms. The first-order chi connectivity index (χ1) is 12.3. The van der Waals surface area contributed by atoms with E-state index in [1.165, 1.54) is 12.5 Å². The average Bonchev–Trinajstić information content (AvgIpc) is 3.37. The number of halogens is 3. The fourth-order valence-electron chi connectivity index (χ4n) is 5.08. The smallest absolute Gasteiger partial charge is 0.352 e. The van der Waals surface area contributed by atoms with Crippen molar-refractivity contribution in [3.05, 3.63) is 35.4 Å². The molecular weight excluding hydrogens is 341 g/mol. The van der Waals surface area contributed by atoms with E-state index >= 15 is 0 Å². The molecule has 3 aliphatic rings. The summed E-state index contributed by atoms with van der Waals surface area (Å²) in [4.78, 5) is 13.0. The zero-order valence-corrected chi connectivity index (χ0v) is 14.7. The summed E-state index contributed by atoms with van der Waals surface area (Å²) < 4.78 is 39.1. The SMILES string of the molecule is NC1CC2CCCC(C1)C2NC(=O)C1(c2cccc(C(F)(F)F)c2)CC1. The largest absolute Gasteiger partial charge is 0.416 e. The Balaban J connectivity index is 1.53. The van der Waals surface area contributed by atoms with Crippen molar-refractivity contribution in [3.63, 3.8) is 0 Å². The molecule has 2 unspecified atom stereocenters. The van der Waals surface area contributed by atoms with Crippen molar-refractivity contribution >= 4 is 5.91 Å². The minimum Gasteiger partial charge on any atom is -0.352 e. The molecular formula is C20H25F3N2O. The Morgan fingerprint density at radius 1 is 1.15 bits per heavy atom. The molecule has 0 radical (unpaired) electrons. The highest BCUT2D eigenvalue weighted by Crippen LogP contribution is 2.50. The van der Waals surface area contributed by atoms with E-state index in [0.29, 0.717) is 30.2 Å². The number of fused-ring (bicyclic) bond motifs is 2. The lowest BCUT2D eigenvalue weighted by Gasteiger charge is -2.45. The highest BCUT2D eigenvalue weighted by atomic mass is 19.4. The molecule has 142 valence electrons. The van der Waals surface area contributed by atoms with Gasteiger partial charge in [-0.3, -0.25) is 4.79 Å². The number of rotatable bonds is 3. The number of hydrogen-bond acceptors (Lipinski definition) is 2. The van der Waals surface area contributed by atoms with Crippen LogP contribution in [0, 0.1) is 11.8 Å². The lowest BCUT2D eigenvalue weighted by molar-refractivity contribution is -0.137. The van der Waals surface area contributed by atoms with Crippen LogP contribution in [-0.4, -0.2) is 18.0 Å². The predicted molar refractivity (Wildman–Crippen MR) is 92.3 cm³/mol. The molecule has 0 heterocycles. The third-order valence-electron chi connectivity index (χ3n) is 6.60. The Hall–Kier alpha value is -1.56. The summed E-state index contributed by atoms with van der Waals surface area (Å²) in [5.74, 6) is 0.701. The van der Waals surface area contributed by atoms with Crippen LogP contribution < -0.4 is 11.1 Å². The van der Waals surface area contributed by atoms with Gasteiger partial charge in [0.25, 0.3) is 0 Å². The fraction of sp³-hybridized carbons (Fsp3) is 0.650. The number of carbonyl (C=O) groups excluding carboxylic acids is 1. The van der Waals surface area contributed by atoms with Gasteiger partial charge in [-0.15, -0.1) is 0 Å². The molecule has 1 aromatic carbocycles. The van der Waals surface area contributed by atoms with Crippen LogP contribution in [0.1, 0.15) is 56.1 Å². The van der Waals surface area contributed by atoms with Crippen molar-refractivity contribution < 1.29 is 18.0 Å². The normalized spacial score (nSPS) is 32.8. The summed E-state index contributed by atoms with van der Waals surface area (Å²) in [5, 5.41) is 3.23. The van der Waals surface area contributed by atoms with Crippen molar-refractivity contribution in [1.29, 1.82) is 0 Å². The third kappa shape index (κ3) is 3.13. The van der Waals surface area contributed by atoms with Gasteiger partial charge in [0.2, 0.25) is 5.91 Å². The second-order valence-electron chi connectivity index (χ2n) is 8.34. The second-order valence-corrected chi connectivity index (χ2v) is 8.34. The lowest BCUT2D eigenvalue weighted by atomic mass is 9.67. The van der Waals surface area contributed by atoms with Crippen molar-refractivity contribution in [2.45, 2.75) is 68.6 Å². The maximum absolute atomic E-state index is 13.0. The Morgan fingerprint density at radius 3 is 2.38 bits per heavy atom. The zero-order chi connectivity index (χ0) is 18.5. The number of nitrogens with two attached hydrogens (primary N) is 1. The fourth-order valence-corrected chi connectivity index (χ4v) is 5.08. The summed E-state index contributed by atoms with van der Waals surface area (Å²) in [6, 6.07) is 5.59. The van der Waals surface area contributed by atoms with Crippen molar-refractivity contribution in [1.82, 2.24) is 5.32 Å². The van der Waals surface area contributed by atoms with Crippen LogP contribution in [-0.2, 0) is 16.4 Å². The summed E-state index contributed by atoms with van der Waals surface area (Å²) in [5.41, 5.74) is 5.17. The predicted octanol–water partition coefficient (Wildman–Crippen LogP) is 3.76. The lowest BCUT2D eigenvalue weighted by Crippen LogP contribution is -2.55. The summed E-state index contributed by atoms with van der Waals surface area (Å²) in [6.45, 7) is 0. The molecule has 0 saturated heterocycles. The molecule has 2 atom stereocenters. The number of carbonyl (C=O) groups is 1.